The fourth-order valence-corrected chi connectivity index (χ4v) is 3.71. The van der Waals surface area contributed by atoms with Gasteiger partial charge in [0.05, 0.1) is 25.3 Å². The minimum Gasteiger partial charge on any atom is -0.495 e. The Morgan fingerprint density at radius 1 is 1.21 bits per heavy atom. The number of amides is 3. The standard InChI is InChI=1S/C20H27N3O5/c1-3-28-20(26)22-10-8-15(9-11-22)21-19(25)14-12-18(24)23(13-14)16-6-4-5-7-17(16)27-2/h4-7,14-15H,3,8-13H2,1-2H3,(H,21,25)/t14-/m1/s1. The SMILES string of the molecule is CCOC(=O)N1CCC(NC(=O)[C@@H]2CC(=O)N(c3ccccc3OC)C2)CC1. The van der Waals surface area contributed by atoms with Crippen LogP contribution in [0.25, 0.3) is 0 Å². The van der Waals surface area contributed by atoms with Crippen LogP contribution < -0.4 is 15.0 Å². The summed E-state index contributed by atoms with van der Waals surface area (Å²) in [5.41, 5.74) is 0.688. The van der Waals surface area contributed by atoms with Gasteiger partial charge in [0.25, 0.3) is 0 Å². The molecular formula is C20H27N3O5. The number of carbonyl (C=O) groups excluding carboxylic acids is 3. The number of carbonyl (C=O) groups is 3. The normalized spacial score (nSPS) is 20.2. The van der Waals surface area contributed by atoms with Crippen LogP contribution in [0.2, 0.25) is 0 Å². The Labute approximate surface area is 164 Å². The van der Waals surface area contributed by atoms with E-state index in [2.05, 4.69) is 5.32 Å². The van der Waals surface area contributed by atoms with Gasteiger partial charge >= 0.3 is 6.09 Å². The molecule has 1 aromatic carbocycles. The molecule has 0 bridgehead atoms. The van der Waals surface area contributed by atoms with Crippen LogP contribution in [0, 0.1) is 5.92 Å². The van der Waals surface area contributed by atoms with E-state index in [9.17, 15) is 14.4 Å². The van der Waals surface area contributed by atoms with Gasteiger partial charge in [0.2, 0.25) is 11.8 Å². The summed E-state index contributed by atoms with van der Waals surface area (Å²) in [5, 5.41) is 3.05. The van der Waals surface area contributed by atoms with Gasteiger partial charge < -0.3 is 24.6 Å². The van der Waals surface area contributed by atoms with E-state index in [4.69, 9.17) is 9.47 Å². The summed E-state index contributed by atoms with van der Waals surface area (Å²) in [6, 6.07) is 7.31. The Balaban J connectivity index is 1.54. The number of benzene rings is 1. The lowest BCUT2D eigenvalue weighted by atomic mass is 10.0. The number of nitrogens with one attached hydrogen (secondary N) is 1. The highest BCUT2D eigenvalue weighted by Gasteiger charge is 2.37. The maximum absolute atomic E-state index is 12.7. The maximum atomic E-state index is 12.7. The first kappa shape index (κ1) is 20.0. The third-order valence-corrected chi connectivity index (χ3v) is 5.24. The molecule has 152 valence electrons. The summed E-state index contributed by atoms with van der Waals surface area (Å²) in [6.07, 6.45) is 1.25. The largest absolute Gasteiger partial charge is 0.495 e. The van der Waals surface area contributed by atoms with Gasteiger partial charge in [0.15, 0.2) is 0 Å². The van der Waals surface area contributed by atoms with Gasteiger partial charge in [-0.3, -0.25) is 9.59 Å². The topological polar surface area (TPSA) is 88.2 Å². The number of likely N-dealkylation sites (tertiary alicyclic amines) is 1. The van der Waals surface area contributed by atoms with E-state index in [0.717, 1.165) is 0 Å². The molecule has 2 saturated heterocycles. The molecule has 2 fully saturated rings. The smallest absolute Gasteiger partial charge is 0.409 e. The third-order valence-electron chi connectivity index (χ3n) is 5.24. The number of piperidine rings is 1. The maximum Gasteiger partial charge on any atom is 0.409 e. The Morgan fingerprint density at radius 2 is 1.93 bits per heavy atom. The quantitative estimate of drug-likeness (QED) is 0.829. The van der Waals surface area contributed by atoms with E-state index in [0.29, 0.717) is 50.5 Å². The highest BCUT2D eigenvalue weighted by molar-refractivity contribution is 6.01. The van der Waals surface area contributed by atoms with E-state index in [1.54, 1.807) is 29.9 Å². The molecule has 0 saturated carbocycles. The fraction of sp³-hybridized carbons (Fsp3) is 0.550. The lowest BCUT2D eigenvalue weighted by molar-refractivity contribution is -0.127. The number of methoxy groups -OCH3 is 1. The summed E-state index contributed by atoms with van der Waals surface area (Å²) in [7, 11) is 1.56. The Morgan fingerprint density at radius 3 is 2.61 bits per heavy atom. The second-order valence-corrected chi connectivity index (χ2v) is 7.05. The second kappa shape index (κ2) is 8.95. The van der Waals surface area contributed by atoms with E-state index in [-0.39, 0.29) is 36.3 Å². The first-order valence-corrected chi connectivity index (χ1v) is 9.69. The van der Waals surface area contributed by atoms with Gasteiger partial charge in [0.1, 0.15) is 5.75 Å². The van der Waals surface area contributed by atoms with Crippen LogP contribution in [-0.2, 0) is 14.3 Å². The van der Waals surface area contributed by atoms with Crippen molar-refractivity contribution in [2.24, 2.45) is 5.92 Å². The van der Waals surface area contributed by atoms with Crippen LogP contribution in [0.15, 0.2) is 24.3 Å². The molecule has 2 aliphatic heterocycles. The number of anilines is 1. The molecule has 0 aromatic heterocycles. The van der Waals surface area contributed by atoms with Crippen molar-refractivity contribution in [3.8, 4) is 5.75 Å². The molecule has 0 aliphatic carbocycles. The highest BCUT2D eigenvalue weighted by Crippen LogP contribution is 2.32. The summed E-state index contributed by atoms with van der Waals surface area (Å²) in [6.45, 7) is 3.59. The minimum atomic E-state index is -0.388. The summed E-state index contributed by atoms with van der Waals surface area (Å²) in [4.78, 5) is 40.2. The Bertz CT molecular complexity index is 730. The van der Waals surface area contributed by atoms with E-state index in [1.165, 1.54) is 0 Å². The van der Waals surface area contributed by atoms with Crippen molar-refractivity contribution in [3.05, 3.63) is 24.3 Å². The van der Waals surface area contributed by atoms with Gasteiger partial charge in [-0.1, -0.05) is 12.1 Å². The third kappa shape index (κ3) is 4.37. The number of para-hydroxylation sites is 2. The average Bonchev–Trinajstić information content (AvgIpc) is 3.10. The summed E-state index contributed by atoms with van der Waals surface area (Å²) < 4.78 is 10.3. The summed E-state index contributed by atoms with van der Waals surface area (Å²) in [5.74, 6) is 0.0332. The van der Waals surface area contributed by atoms with Crippen LogP contribution in [-0.4, -0.2) is 62.2 Å². The van der Waals surface area contributed by atoms with Crippen LogP contribution in [0.3, 0.4) is 0 Å². The molecule has 1 atom stereocenters. The molecule has 0 unspecified atom stereocenters. The summed E-state index contributed by atoms with van der Waals surface area (Å²) >= 11 is 0. The molecule has 1 N–H and O–H groups in total. The lowest BCUT2D eigenvalue weighted by Crippen LogP contribution is -2.48. The number of ether oxygens (including phenoxy) is 2. The zero-order valence-corrected chi connectivity index (χ0v) is 16.3. The van der Waals surface area contributed by atoms with Crippen molar-refractivity contribution in [2.75, 3.05) is 38.3 Å². The molecule has 3 amide bonds. The molecule has 0 radical (unpaired) electrons. The van der Waals surface area contributed by atoms with Gasteiger partial charge in [-0.15, -0.1) is 0 Å². The number of hydrogen-bond acceptors (Lipinski definition) is 5. The lowest BCUT2D eigenvalue weighted by Gasteiger charge is -2.32. The molecule has 8 heteroatoms. The van der Waals surface area contributed by atoms with Crippen LogP contribution in [0.1, 0.15) is 26.2 Å². The molecule has 0 spiro atoms. The zero-order chi connectivity index (χ0) is 20.1. The second-order valence-electron chi connectivity index (χ2n) is 7.05. The van der Waals surface area contributed by atoms with Crippen LogP contribution >= 0.6 is 0 Å². The zero-order valence-electron chi connectivity index (χ0n) is 16.3. The number of rotatable bonds is 5. The molecule has 1 aromatic rings. The molecular weight excluding hydrogens is 362 g/mol. The van der Waals surface area contributed by atoms with Crippen molar-refractivity contribution in [1.82, 2.24) is 10.2 Å². The number of hydrogen-bond donors (Lipinski definition) is 1. The van der Waals surface area contributed by atoms with Gasteiger partial charge in [-0.25, -0.2) is 4.79 Å². The van der Waals surface area contributed by atoms with Crippen molar-refractivity contribution < 1.29 is 23.9 Å². The molecule has 2 heterocycles. The number of nitrogens with zero attached hydrogens (tertiary/aromatic N) is 2. The minimum absolute atomic E-state index is 0.00795. The van der Waals surface area contributed by atoms with Gasteiger partial charge in [-0.2, -0.15) is 0 Å². The van der Waals surface area contributed by atoms with Gasteiger partial charge in [-0.05, 0) is 31.9 Å². The van der Waals surface area contributed by atoms with Crippen molar-refractivity contribution >= 4 is 23.6 Å². The van der Waals surface area contributed by atoms with Crippen LogP contribution in [0.5, 0.6) is 5.75 Å². The Hall–Kier alpha value is -2.77. The predicted octanol–water partition coefficient (Wildman–Crippen LogP) is 1.79. The van der Waals surface area contributed by atoms with E-state index >= 15 is 0 Å². The van der Waals surface area contributed by atoms with Crippen LogP contribution in [0.4, 0.5) is 10.5 Å². The van der Waals surface area contributed by atoms with E-state index < -0.39 is 0 Å². The van der Waals surface area contributed by atoms with Crippen molar-refractivity contribution in [2.45, 2.75) is 32.2 Å². The molecule has 3 rings (SSSR count). The Kier molecular flexibility index (Phi) is 6.38. The molecule has 2 aliphatic rings. The van der Waals surface area contributed by atoms with Crippen molar-refractivity contribution in [3.63, 3.8) is 0 Å². The predicted molar refractivity (Wildman–Crippen MR) is 103 cm³/mol. The van der Waals surface area contributed by atoms with Crippen molar-refractivity contribution in [1.29, 1.82) is 0 Å². The monoisotopic (exact) mass is 389 g/mol. The highest BCUT2D eigenvalue weighted by atomic mass is 16.6. The van der Waals surface area contributed by atoms with Gasteiger partial charge in [0, 0.05) is 32.1 Å². The molecule has 8 nitrogen and oxygen atoms in total. The molecule has 28 heavy (non-hydrogen) atoms. The first-order chi connectivity index (χ1) is 13.5. The first-order valence-electron chi connectivity index (χ1n) is 9.69. The average molecular weight is 389 g/mol. The van der Waals surface area contributed by atoms with E-state index in [1.807, 2.05) is 18.2 Å². The fourth-order valence-electron chi connectivity index (χ4n) is 3.71.